The number of hydrogen-bond donors (Lipinski definition) is 1. The summed E-state index contributed by atoms with van der Waals surface area (Å²) in [6, 6.07) is 9.74. The molecule has 1 aliphatic heterocycles. The fourth-order valence-corrected chi connectivity index (χ4v) is 4.97. The number of thioether (sulfide) groups is 1. The molecule has 0 radical (unpaired) electrons. The Bertz CT molecular complexity index is 379. The topological polar surface area (TPSA) is 12.0 Å². The Hall–Kier alpha value is -0.470. The van der Waals surface area contributed by atoms with Gasteiger partial charge in [0.2, 0.25) is 0 Å². The number of hydrogen-bond acceptors (Lipinski definition) is 2. The molecule has 1 fully saturated rings. The molecule has 1 heterocycles. The minimum atomic E-state index is 0.800. The molecule has 0 spiro atoms. The van der Waals surface area contributed by atoms with Gasteiger partial charge in [0.25, 0.3) is 0 Å². The molecule has 3 atom stereocenters. The largest absolute Gasteiger partial charge is 0.314 e. The maximum Gasteiger partial charge on any atom is 0.0138 e. The minimum Gasteiger partial charge on any atom is -0.314 e. The van der Waals surface area contributed by atoms with Crippen molar-refractivity contribution in [2.45, 2.75) is 55.2 Å². The van der Waals surface area contributed by atoms with Gasteiger partial charge in [-0.1, -0.05) is 25.1 Å². The first-order valence-electron chi connectivity index (χ1n) is 7.33. The van der Waals surface area contributed by atoms with Crippen molar-refractivity contribution in [1.82, 2.24) is 5.32 Å². The van der Waals surface area contributed by atoms with Gasteiger partial charge >= 0.3 is 0 Å². The standard InChI is InChI=1S/C16H23NS/c1-2-17-14-8-7-12(9-14)10-15-11-13-5-3-4-6-16(13)18-15/h3-6,12,14-15,17H,2,7-11H2,1H3. The second kappa shape index (κ2) is 5.66. The molecule has 1 aromatic carbocycles. The Morgan fingerprint density at radius 3 is 3.00 bits per heavy atom. The van der Waals surface area contributed by atoms with Crippen LogP contribution in [0.4, 0.5) is 0 Å². The molecule has 1 N–H and O–H groups in total. The van der Waals surface area contributed by atoms with Crippen LogP contribution in [-0.4, -0.2) is 17.8 Å². The van der Waals surface area contributed by atoms with Gasteiger partial charge in [0.15, 0.2) is 0 Å². The number of rotatable bonds is 4. The number of nitrogens with one attached hydrogen (secondary N) is 1. The fourth-order valence-electron chi connectivity index (χ4n) is 3.52. The highest BCUT2D eigenvalue weighted by Gasteiger charge is 2.29. The molecule has 1 aromatic rings. The van der Waals surface area contributed by atoms with Crippen LogP contribution in [0.15, 0.2) is 29.2 Å². The van der Waals surface area contributed by atoms with Gasteiger partial charge in [-0.25, -0.2) is 0 Å². The average molecular weight is 261 g/mol. The van der Waals surface area contributed by atoms with E-state index >= 15 is 0 Å². The third-order valence-electron chi connectivity index (χ3n) is 4.34. The average Bonchev–Trinajstić information content (AvgIpc) is 2.96. The Kier molecular flexibility index (Phi) is 3.95. The maximum atomic E-state index is 3.61. The van der Waals surface area contributed by atoms with Crippen molar-refractivity contribution in [3.8, 4) is 0 Å². The summed E-state index contributed by atoms with van der Waals surface area (Å²) in [5.74, 6) is 0.959. The van der Waals surface area contributed by atoms with Gasteiger partial charge in [0.05, 0.1) is 0 Å². The first-order chi connectivity index (χ1) is 8.85. The van der Waals surface area contributed by atoms with Crippen LogP contribution in [0.1, 0.15) is 38.2 Å². The lowest BCUT2D eigenvalue weighted by Gasteiger charge is -2.15. The predicted molar refractivity (Wildman–Crippen MR) is 79.2 cm³/mol. The van der Waals surface area contributed by atoms with Gasteiger partial charge in [0, 0.05) is 16.2 Å². The Labute approximate surface area is 115 Å². The molecule has 18 heavy (non-hydrogen) atoms. The lowest BCUT2D eigenvalue weighted by molar-refractivity contribution is 0.464. The Morgan fingerprint density at radius 2 is 2.17 bits per heavy atom. The molecule has 2 heteroatoms. The van der Waals surface area contributed by atoms with Gasteiger partial charge < -0.3 is 5.32 Å². The summed E-state index contributed by atoms with van der Waals surface area (Å²) in [6.07, 6.45) is 6.94. The van der Waals surface area contributed by atoms with Gasteiger partial charge in [-0.15, -0.1) is 11.8 Å². The molecule has 0 amide bonds. The minimum absolute atomic E-state index is 0.800. The van der Waals surface area contributed by atoms with Gasteiger partial charge in [-0.2, -0.15) is 0 Å². The molecule has 1 nitrogen and oxygen atoms in total. The molecule has 0 aromatic heterocycles. The summed E-state index contributed by atoms with van der Waals surface area (Å²) in [5, 5.41) is 4.45. The molecule has 0 saturated heterocycles. The van der Waals surface area contributed by atoms with E-state index in [-0.39, 0.29) is 0 Å². The summed E-state index contributed by atoms with van der Waals surface area (Å²) in [5.41, 5.74) is 1.58. The van der Waals surface area contributed by atoms with Crippen LogP contribution < -0.4 is 5.32 Å². The normalized spacial score (nSPS) is 30.6. The zero-order valence-corrected chi connectivity index (χ0v) is 12.0. The molecule has 98 valence electrons. The molecule has 2 aliphatic rings. The molecular weight excluding hydrogens is 238 g/mol. The predicted octanol–water partition coefficient (Wildman–Crippen LogP) is 3.87. The van der Waals surface area contributed by atoms with Crippen molar-refractivity contribution < 1.29 is 0 Å². The monoisotopic (exact) mass is 261 g/mol. The molecule has 3 rings (SSSR count). The Balaban J connectivity index is 1.51. The van der Waals surface area contributed by atoms with E-state index in [0.717, 1.165) is 23.8 Å². The Morgan fingerprint density at radius 1 is 1.28 bits per heavy atom. The van der Waals surface area contributed by atoms with Crippen LogP contribution in [-0.2, 0) is 6.42 Å². The summed E-state index contributed by atoms with van der Waals surface area (Å²) in [4.78, 5) is 1.53. The van der Waals surface area contributed by atoms with Crippen LogP contribution in [0.3, 0.4) is 0 Å². The second-order valence-electron chi connectivity index (χ2n) is 5.72. The zero-order valence-electron chi connectivity index (χ0n) is 11.2. The molecule has 3 unspecified atom stereocenters. The smallest absolute Gasteiger partial charge is 0.0138 e. The van der Waals surface area contributed by atoms with Crippen molar-refractivity contribution in [2.75, 3.05) is 6.54 Å². The quantitative estimate of drug-likeness (QED) is 0.883. The van der Waals surface area contributed by atoms with E-state index in [4.69, 9.17) is 0 Å². The highest BCUT2D eigenvalue weighted by Crippen LogP contribution is 2.42. The van der Waals surface area contributed by atoms with Crippen molar-refractivity contribution in [2.24, 2.45) is 5.92 Å². The third-order valence-corrected chi connectivity index (χ3v) is 5.69. The van der Waals surface area contributed by atoms with Crippen LogP contribution in [0.25, 0.3) is 0 Å². The van der Waals surface area contributed by atoms with Gasteiger partial charge in [0.1, 0.15) is 0 Å². The van der Waals surface area contributed by atoms with E-state index in [0.29, 0.717) is 0 Å². The van der Waals surface area contributed by atoms with Crippen LogP contribution in [0, 0.1) is 5.92 Å². The summed E-state index contributed by atoms with van der Waals surface area (Å²) in [6.45, 7) is 3.35. The van der Waals surface area contributed by atoms with Crippen molar-refractivity contribution in [3.05, 3.63) is 29.8 Å². The second-order valence-corrected chi connectivity index (χ2v) is 7.06. The highest BCUT2D eigenvalue weighted by molar-refractivity contribution is 8.00. The first-order valence-corrected chi connectivity index (χ1v) is 8.21. The summed E-state index contributed by atoms with van der Waals surface area (Å²) < 4.78 is 0. The van der Waals surface area contributed by atoms with E-state index < -0.39 is 0 Å². The highest BCUT2D eigenvalue weighted by atomic mass is 32.2. The van der Waals surface area contributed by atoms with Crippen molar-refractivity contribution in [3.63, 3.8) is 0 Å². The summed E-state index contributed by atoms with van der Waals surface area (Å²) in [7, 11) is 0. The molecule has 1 aliphatic carbocycles. The molecular formula is C16H23NS. The number of fused-ring (bicyclic) bond motifs is 1. The fraction of sp³-hybridized carbons (Fsp3) is 0.625. The maximum absolute atomic E-state index is 3.61. The van der Waals surface area contributed by atoms with Crippen LogP contribution in [0.2, 0.25) is 0 Å². The van der Waals surface area contributed by atoms with Gasteiger partial charge in [-0.3, -0.25) is 0 Å². The first kappa shape index (κ1) is 12.6. The van der Waals surface area contributed by atoms with E-state index in [9.17, 15) is 0 Å². The van der Waals surface area contributed by atoms with Gasteiger partial charge in [-0.05, 0) is 56.2 Å². The van der Waals surface area contributed by atoms with E-state index in [1.807, 2.05) is 0 Å². The molecule has 1 saturated carbocycles. The van der Waals surface area contributed by atoms with Crippen LogP contribution >= 0.6 is 11.8 Å². The van der Waals surface area contributed by atoms with Crippen molar-refractivity contribution in [1.29, 1.82) is 0 Å². The van der Waals surface area contributed by atoms with E-state index in [1.165, 1.54) is 37.0 Å². The summed E-state index contributed by atoms with van der Waals surface area (Å²) >= 11 is 2.12. The van der Waals surface area contributed by atoms with Crippen molar-refractivity contribution >= 4 is 11.8 Å². The lowest BCUT2D eigenvalue weighted by Crippen LogP contribution is -2.26. The van der Waals surface area contributed by atoms with Crippen LogP contribution in [0.5, 0.6) is 0 Å². The lowest BCUT2D eigenvalue weighted by atomic mass is 9.98. The molecule has 0 bridgehead atoms. The SMILES string of the molecule is CCNC1CCC(CC2Cc3ccccc3S2)C1. The zero-order chi connectivity index (χ0) is 12.4. The number of benzene rings is 1. The third kappa shape index (κ3) is 2.75. The van der Waals surface area contributed by atoms with E-state index in [1.54, 1.807) is 5.56 Å². The van der Waals surface area contributed by atoms with E-state index in [2.05, 4.69) is 48.3 Å².